The molecule has 0 unspecified atom stereocenters. The molecule has 2 N–H and O–H groups in total. The third-order valence-electron chi connectivity index (χ3n) is 4.94. The van der Waals surface area contributed by atoms with Gasteiger partial charge in [-0.2, -0.15) is 0 Å². The molecule has 144 valence electrons. The third-order valence-corrected chi connectivity index (χ3v) is 4.94. The highest BCUT2D eigenvalue weighted by Gasteiger charge is 2.25. The predicted octanol–water partition coefficient (Wildman–Crippen LogP) is 2.72. The molecule has 0 bridgehead atoms. The lowest BCUT2D eigenvalue weighted by Gasteiger charge is -2.35. The molecule has 1 aliphatic rings. The van der Waals surface area contributed by atoms with Crippen molar-refractivity contribution in [3.63, 3.8) is 0 Å². The summed E-state index contributed by atoms with van der Waals surface area (Å²) in [6.45, 7) is 2.90. The Morgan fingerprint density at radius 1 is 1.14 bits per heavy atom. The van der Waals surface area contributed by atoms with Gasteiger partial charge in [0.25, 0.3) is 0 Å². The normalized spacial score (nSPS) is 13.6. The molecule has 0 saturated carbocycles. The number of halogens is 3. The first-order valence-electron chi connectivity index (χ1n) is 8.54. The Hall–Kier alpha value is -3.36. The number of pyridine rings is 2. The van der Waals surface area contributed by atoms with Crippen LogP contribution >= 0.6 is 0 Å². The van der Waals surface area contributed by atoms with Crippen LogP contribution in [0.4, 0.5) is 24.7 Å². The summed E-state index contributed by atoms with van der Waals surface area (Å²) in [6, 6.07) is 1.60. The number of anilines is 2. The van der Waals surface area contributed by atoms with Crippen molar-refractivity contribution in [2.45, 2.75) is 13.3 Å². The maximum Gasteiger partial charge on any atom is 0.200 e. The molecule has 6 nitrogen and oxygen atoms in total. The van der Waals surface area contributed by atoms with E-state index < -0.39 is 34.5 Å². The summed E-state index contributed by atoms with van der Waals surface area (Å²) < 4.78 is 44.0. The lowest BCUT2D eigenvalue weighted by Crippen LogP contribution is -2.38. The highest BCUT2D eigenvalue weighted by atomic mass is 19.1. The van der Waals surface area contributed by atoms with Crippen LogP contribution < -0.4 is 16.1 Å². The van der Waals surface area contributed by atoms with Crippen molar-refractivity contribution < 1.29 is 18.0 Å². The molecule has 0 amide bonds. The molecule has 0 atom stereocenters. The summed E-state index contributed by atoms with van der Waals surface area (Å²) in [4.78, 5) is 29.5. The summed E-state index contributed by atoms with van der Waals surface area (Å²) in [6.07, 6.45) is 2.29. The van der Waals surface area contributed by atoms with Crippen molar-refractivity contribution in [2.24, 2.45) is 0 Å². The lowest BCUT2D eigenvalue weighted by molar-refractivity contribution is 0.112. The number of nitrogens with two attached hydrogens (primary N) is 1. The first-order chi connectivity index (χ1) is 13.3. The number of fused-ring (bicyclic) bond motifs is 1. The topological polar surface area (TPSA) is 81.2 Å². The molecule has 3 heterocycles. The Bertz CT molecular complexity index is 1200. The Labute approximate surface area is 157 Å². The van der Waals surface area contributed by atoms with E-state index in [1.807, 2.05) is 0 Å². The van der Waals surface area contributed by atoms with Gasteiger partial charge in [-0.3, -0.25) is 14.2 Å². The van der Waals surface area contributed by atoms with Crippen LogP contribution in [0.1, 0.15) is 22.3 Å². The molecule has 1 aromatic carbocycles. The van der Waals surface area contributed by atoms with E-state index in [2.05, 4.69) is 4.98 Å². The zero-order chi connectivity index (χ0) is 20.2. The van der Waals surface area contributed by atoms with E-state index in [1.54, 1.807) is 11.8 Å². The van der Waals surface area contributed by atoms with Gasteiger partial charge in [0.15, 0.2) is 35.0 Å². The zero-order valence-corrected chi connectivity index (χ0v) is 14.8. The largest absolute Gasteiger partial charge is 0.381 e. The number of aromatic nitrogens is 2. The van der Waals surface area contributed by atoms with Crippen molar-refractivity contribution in [3.8, 4) is 5.82 Å². The molecule has 28 heavy (non-hydrogen) atoms. The fraction of sp³-hybridized carbons (Fsp3) is 0.211. The zero-order valence-electron chi connectivity index (χ0n) is 14.8. The fourth-order valence-corrected chi connectivity index (χ4v) is 3.48. The van der Waals surface area contributed by atoms with Crippen LogP contribution in [0.2, 0.25) is 0 Å². The van der Waals surface area contributed by atoms with Gasteiger partial charge >= 0.3 is 0 Å². The highest BCUT2D eigenvalue weighted by molar-refractivity contribution is 5.92. The Morgan fingerprint density at radius 3 is 2.46 bits per heavy atom. The lowest BCUT2D eigenvalue weighted by atomic mass is 10.0. The number of hydrogen-bond donors (Lipinski definition) is 1. The smallest absolute Gasteiger partial charge is 0.200 e. The van der Waals surface area contributed by atoms with E-state index >= 15 is 0 Å². The second kappa shape index (κ2) is 6.36. The van der Waals surface area contributed by atoms with Crippen LogP contribution in [0.3, 0.4) is 0 Å². The monoisotopic (exact) mass is 388 g/mol. The van der Waals surface area contributed by atoms with Gasteiger partial charge in [0, 0.05) is 30.9 Å². The van der Waals surface area contributed by atoms with Gasteiger partial charge in [-0.1, -0.05) is 0 Å². The summed E-state index contributed by atoms with van der Waals surface area (Å²) >= 11 is 0. The van der Waals surface area contributed by atoms with Crippen LogP contribution in [-0.4, -0.2) is 28.9 Å². The van der Waals surface area contributed by atoms with E-state index in [0.717, 1.165) is 23.3 Å². The van der Waals surface area contributed by atoms with Crippen LogP contribution in [-0.2, 0) is 0 Å². The van der Waals surface area contributed by atoms with Gasteiger partial charge in [0.05, 0.1) is 22.2 Å². The number of carbonyl (C=O) groups excluding carboxylic acids is 1. The molecule has 3 aromatic rings. The summed E-state index contributed by atoms with van der Waals surface area (Å²) in [5, 5.41) is -0.104. The first-order valence-corrected chi connectivity index (χ1v) is 8.54. The number of hydrogen-bond acceptors (Lipinski definition) is 5. The van der Waals surface area contributed by atoms with Gasteiger partial charge in [0.1, 0.15) is 5.82 Å². The van der Waals surface area contributed by atoms with Gasteiger partial charge in [-0.25, -0.2) is 18.2 Å². The quantitative estimate of drug-likeness (QED) is 0.698. The van der Waals surface area contributed by atoms with Crippen molar-refractivity contribution in [3.05, 3.63) is 57.1 Å². The minimum atomic E-state index is -1.04. The van der Waals surface area contributed by atoms with E-state index in [4.69, 9.17) is 5.73 Å². The number of aryl methyl sites for hydroxylation is 1. The van der Waals surface area contributed by atoms with E-state index in [1.165, 1.54) is 0 Å². The van der Waals surface area contributed by atoms with Crippen molar-refractivity contribution in [1.82, 2.24) is 9.55 Å². The predicted molar refractivity (Wildman–Crippen MR) is 98.6 cm³/mol. The molecule has 1 saturated heterocycles. The Balaban J connectivity index is 2.16. The molecule has 4 rings (SSSR count). The summed E-state index contributed by atoms with van der Waals surface area (Å²) in [5.41, 5.74) is 5.33. The van der Waals surface area contributed by atoms with Gasteiger partial charge in [0.2, 0.25) is 0 Å². The molecule has 0 radical (unpaired) electrons. The third kappa shape index (κ3) is 2.54. The van der Waals surface area contributed by atoms with E-state index in [-0.39, 0.29) is 16.5 Å². The van der Waals surface area contributed by atoms with Gasteiger partial charge < -0.3 is 10.6 Å². The minimum absolute atomic E-state index is 0.104. The van der Waals surface area contributed by atoms with E-state index in [9.17, 15) is 22.8 Å². The second-order valence-electron chi connectivity index (χ2n) is 6.63. The number of nitrogen functional groups attached to an aromatic ring is 1. The number of carbonyl (C=O) groups is 1. The number of nitrogens with zero attached hydrogens (tertiary/aromatic N) is 3. The molecule has 1 aliphatic heterocycles. The van der Waals surface area contributed by atoms with Crippen molar-refractivity contribution in [2.75, 3.05) is 23.7 Å². The maximum absolute atomic E-state index is 14.8. The molecule has 9 heteroatoms. The van der Waals surface area contributed by atoms with Crippen LogP contribution in [0.5, 0.6) is 0 Å². The summed E-state index contributed by atoms with van der Waals surface area (Å²) in [7, 11) is 0. The maximum atomic E-state index is 14.8. The number of aldehydes is 1. The van der Waals surface area contributed by atoms with Crippen molar-refractivity contribution >= 4 is 28.7 Å². The fourth-order valence-electron chi connectivity index (χ4n) is 3.48. The van der Waals surface area contributed by atoms with E-state index in [0.29, 0.717) is 36.7 Å². The van der Waals surface area contributed by atoms with Gasteiger partial charge in [-0.15, -0.1) is 0 Å². The Kier molecular flexibility index (Phi) is 4.10. The molecule has 2 aromatic heterocycles. The van der Waals surface area contributed by atoms with Crippen LogP contribution in [0, 0.1) is 24.4 Å². The number of rotatable bonds is 3. The van der Waals surface area contributed by atoms with Crippen LogP contribution in [0.25, 0.3) is 16.7 Å². The molecular formula is C19H15F3N4O2. The summed E-state index contributed by atoms with van der Waals surface area (Å²) in [5.74, 6) is -3.62. The van der Waals surface area contributed by atoms with Gasteiger partial charge in [-0.05, 0) is 19.4 Å². The Morgan fingerprint density at radius 2 is 1.86 bits per heavy atom. The SMILES string of the molecule is Cc1c(N2CCC2)c(F)cc2c(=O)c(C=O)cn(-c3nc(N)c(F)cc3F)c12. The molecular weight excluding hydrogens is 373 g/mol. The second-order valence-corrected chi connectivity index (χ2v) is 6.63. The highest BCUT2D eigenvalue weighted by Crippen LogP contribution is 2.34. The number of benzene rings is 1. The van der Waals surface area contributed by atoms with Crippen LogP contribution in [0.15, 0.2) is 23.1 Å². The standard InChI is InChI=1S/C19H15F3N4O2/c1-9-15-11(5-12(20)16(9)25-3-2-4-25)17(28)10(8-27)7-26(15)19-14(22)6-13(21)18(23)24-19/h5-8H,2-4H2,1H3,(H2,23,24). The first kappa shape index (κ1) is 18.0. The molecule has 0 spiro atoms. The van der Waals surface area contributed by atoms with Crippen molar-refractivity contribution in [1.29, 1.82) is 0 Å². The average molecular weight is 388 g/mol. The average Bonchev–Trinajstić information content (AvgIpc) is 2.61. The molecule has 0 aliphatic carbocycles. The molecule has 1 fully saturated rings. The minimum Gasteiger partial charge on any atom is -0.381 e.